The van der Waals surface area contributed by atoms with Crippen molar-refractivity contribution in [3.63, 3.8) is 0 Å². The molecule has 0 N–H and O–H groups in total. The first kappa shape index (κ1) is 13.6. The normalized spacial score (nSPS) is 11.1. The first-order valence-electron chi connectivity index (χ1n) is 5.25. The zero-order valence-electron chi connectivity index (χ0n) is 9.65. The summed E-state index contributed by atoms with van der Waals surface area (Å²) in [6.07, 6.45) is 1.61. The van der Waals surface area contributed by atoms with Gasteiger partial charge in [0.15, 0.2) is 5.78 Å². The molecular formula is C12H11Cl2NO2S. The van der Waals surface area contributed by atoms with Crippen LogP contribution in [-0.4, -0.2) is 24.3 Å². The smallest absolute Gasteiger partial charge is 0.179 e. The van der Waals surface area contributed by atoms with Gasteiger partial charge in [0.05, 0.1) is 29.3 Å². The van der Waals surface area contributed by atoms with E-state index >= 15 is 0 Å². The minimum absolute atomic E-state index is 0.0443. The molecule has 0 aromatic carbocycles. The summed E-state index contributed by atoms with van der Waals surface area (Å²) in [6, 6.07) is 5.30. The van der Waals surface area contributed by atoms with Crippen LogP contribution in [0.5, 0.6) is 0 Å². The van der Waals surface area contributed by atoms with Gasteiger partial charge in [0.1, 0.15) is 10.1 Å². The summed E-state index contributed by atoms with van der Waals surface area (Å²) in [5.41, 5.74) is 0.484. The number of carbonyl (C=O) groups is 1. The second-order valence-corrected chi connectivity index (χ2v) is 6.20. The quantitative estimate of drug-likeness (QED) is 0.784. The van der Waals surface area contributed by atoms with Crippen LogP contribution in [0.25, 0.3) is 0 Å². The van der Waals surface area contributed by atoms with Gasteiger partial charge in [0.2, 0.25) is 0 Å². The third-order valence-electron chi connectivity index (χ3n) is 2.38. The van der Waals surface area contributed by atoms with Gasteiger partial charge < -0.3 is 4.42 Å². The number of ketones is 1. The largest absolute Gasteiger partial charge is 0.468 e. The molecule has 96 valence electrons. The molecule has 0 amide bonds. The van der Waals surface area contributed by atoms with Gasteiger partial charge in [-0.2, -0.15) is 0 Å². The number of nitrogens with zero attached hydrogens (tertiary/aromatic N) is 1. The highest BCUT2D eigenvalue weighted by Gasteiger charge is 2.16. The number of carbonyl (C=O) groups excluding carboxylic acids is 1. The van der Waals surface area contributed by atoms with E-state index in [1.165, 1.54) is 11.3 Å². The van der Waals surface area contributed by atoms with Crippen molar-refractivity contribution >= 4 is 40.3 Å². The summed E-state index contributed by atoms with van der Waals surface area (Å²) in [7, 11) is 1.85. The molecule has 2 aromatic rings. The van der Waals surface area contributed by atoms with Gasteiger partial charge in [0.25, 0.3) is 0 Å². The zero-order valence-corrected chi connectivity index (χ0v) is 12.0. The lowest BCUT2D eigenvalue weighted by Crippen LogP contribution is -2.25. The molecular weight excluding hydrogens is 293 g/mol. The van der Waals surface area contributed by atoms with Gasteiger partial charge in [0, 0.05) is 0 Å². The number of halogens is 2. The SMILES string of the molecule is CN(CC(=O)c1cc(Cl)sc1Cl)Cc1ccco1. The fraction of sp³-hybridized carbons (Fsp3) is 0.250. The summed E-state index contributed by atoms with van der Waals surface area (Å²) < 4.78 is 6.19. The van der Waals surface area contributed by atoms with E-state index in [0.717, 1.165) is 5.76 Å². The highest BCUT2D eigenvalue weighted by molar-refractivity contribution is 7.20. The number of hydrogen-bond acceptors (Lipinski definition) is 4. The average Bonchev–Trinajstić information content (AvgIpc) is 2.88. The lowest BCUT2D eigenvalue weighted by atomic mass is 10.2. The molecule has 0 bridgehead atoms. The van der Waals surface area contributed by atoms with Crippen LogP contribution in [0, 0.1) is 0 Å². The Kier molecular flexibility index (Phi) is 4.45. The minimum atomic E-state index is -0.0443. The van der Waals surface area contributed by atoms with E-state index in [1.54, 1.807) is 12.3 Å². The molecule has 18 heavy (non-hydrogen) atoms. The Hall–Kier alpha value is -0.810. The predicted octanol–water partition coefficient (Wildman–Crippen LogP) is 3.96. The Morgan fingerprint density at radius 2 is 2.28 bits per heavy atom. The fourth-order valence-corrected chi connectivity index (χ4v) is 3.08. The maximum absolute atomic E-state index is 12.0. The van der Waals surface area contributed by atoms with Crippen LogP contribution in [0.1, 0.15) is 16.1 Å². The maximum atomic E-state index is 12.0. The second-order valence-electron chi connectivity index (χ2n) is 3.91. The molecule has 0 unspecified atom stereocenters. The van der Waals surface area contributed by atoms with Crippen molar-refractivity contribution in [1.82, 2.24) is 4.90 Å². The number of furan rings is 1. The topological polar surface area (TPSA) is 33.5 Å². The lowest BCUT2D eigenvalue weighted by Gasteiger charge is -2.13. The van der Waals surface area contributed by atoms with E-state index < -0.39 is 0 Å². The summed E-state index contributed by atoms with van der Waals surface area (Å²) in [5, 5.41) is 0. The van der Waals surface area contributed by atoms with Crippen molar-refractivity contribution in [2.45, 2.75) is 6.54 Å². The highest BCUT2D eigenvalue weighted by atomic mass is 35.5. The van der Waals surface area contributed by atoms with Gasteiger partial charge in [-0.05, 0) is 25.2 Å². The van der Waals surface area contributed by atoms with Gasteiger partial charge in [-0.3, -0.25) is 9.69 Å². The van der Waals surface area contributed by atoms with Crippen molar-refractivity contribution in [1.29, 1.82) is 0 Å². The van der Waals surface area contributed by atoms with Crippen molar-refractivity contribution in [2.75, 3.05) is 13.6 Å². The molecule has 2 heterocycles. The Labute approximate surface area is 119 Å². The second kappa shape index (κ2) is 5.89. The highest BCUT2D eigenvalue weighted by Crippen LogP contribution is 2.31. The molecule has 0 aliphatic carbocycles. The predicted molar refractivity (Wildman–Crippen MR) is 73.7 cm³/mol. The molecule has 3 nitrogen and oxygen atoms in total. The standard InChI is InChI=1S/C12H11Cl2NO2S/c1-15(6-8-3-2-4-17-8)7-10(16)9-5-11(13)18-12(9)14/h2-5H,6-7H2,1H3. The van der Waals surface area contributed by atoms with Gasteiger partial charge in [-0.25, -0.2) is 0 Å². The Bertz CT molecular complexity index is 536. The molecule has 0 fully saturated rings. The van der Waals surface area contributed by atoms with Gasteiger partial charge >= 0.3 is 0 Å². The van der Waals surface area contributed by atoms with Crippen LogP contribution >= 0.6 is 34.5 Å². The third kappa shape index (κ3) is 3.36. The van der Waals surface area contributed by atoms with Gasteiger partial charge in [-0.1, -0.05) is 23.2 Å². The van der Waals surface area contributed by atoms with Crippen molar-refractivity contribution in [3.05, 3.63) is 44.5 Å². The Balaban J connectivity index is 1.97. The van der Waals surface area contributed by atoms with Crippen molar-refractivity contribution in [2.24, 2.45) is 0 Å². The number of thiophene rings is 1. The lowest BCUT2D eigenvalue weighted by molar-refractivity contribution is 0.0940. The number of Topliss-reactive ketones (excluding diaryl/α,β-unsaturated/α-hetero) is 1. The first-order chi connectivity index (χ1) is 8.56. The monoisotopic (exact) mass is 303 g/mol. The molecule has 6 heteroatoms. The molecule has 2 rings (SSSR count). The third-order valence-corrected chi connectivity index (χ3v) is 3.86. The van der Waals surface area contributed by atoms with E-state index in [0.29, 0.717) is 20.8 Å². The molecule has 0 spiro atoms. The minimum Gasteiger partial charge on any atom is -0.468 e. The first-order valence-corrected chi connectivity index (χ1v) is 6.82. The molecule has 0 atom stereocenters. The Morgan fingerprint density at radius 1 is 1.50 bits per heavy atom. The van der Waals surface area contributed by atoms with E-state index in [1.807, 2.05) is 24.1 Å². The average molecular weight is 304 g/mol. The van der Waals surface area contributed by atoms with Crippen LogP contribution in [0.4, 0.5) is 0 Å². The van der Waals surface area contributed by atoms with E-state index in [2.05, 4.69) is 0 Å². The van der Waals surface area contributed by atoms with E-state index in [9.17, 15) is 4.79 Å². The van der Waals surface area contributed by atoms with E-state index in [4.69, 9.17) is 27.6 Å². The summed E-state index contributed by atoms with van der Waals surface area (Å²) in [5.74, 6) is 0.775. The molecule has 0 saturated heterocycles. The van der Waals surface area contributed by atoms with Gasteiger partial charge in [-0.15, -0.1) is 11.3 Å². The van der Waals surface area contributed by atoms with Crippen molar-refractivity contribution in [3.8, 4) is 0 Å². The zero-order chi connectivity index (χ0) is 13.1. The molecule has 2 aromatic heterocycles. The molecule has 0 radical (unpaired) electrons. The Morgan fingerprint density at radius 3 is 2.83 bits per heavy atom. The number of hydrogen-bond donors (Lipinski definition) is 0. The van der Waals surface area contributed by atoms with Crippen LogP contribution in [0.2, 0.25) is 8.67 Å². The summed E-state index contributed by atoms with van der Waals surface area (Å²) >= 11 is 13.0. The van der Waals surface area contributed by atoms with Crippen LogP contribution in [0.15, 0.2) is 28.9 Å². The summed E-state index contributed by atoms with van der Waals surface area (Å²) in [4.78, 5) is 13.9. The number of rotatable bonds is 5. The summed E-state index contributed by atoms with van der Waals surface area (Å²) in [6.45, 7) is 0.849. The number of likely N-dealkylation sites (N-methyl/N-ethyl adjacent to an activating group) is 1. The fourth-order valence-electron chi connectivity index (χ4n) is 1.59. The van der Waals surface area contributed by atoms with Crippen LogP contribution < -0.4 is 0 Å². The van der Waals surface area contributed by atoms with E-state index in [-0.39, 0.29) is 12.3 Å². The molecule has 0 saturated carbocycles. The van der Waals surface area contributed by atoms with Crippen molar-refractivity contribution < 1.29 is 9.21 Å². The molecule has 0 aliphatic rings. The van der Waals surface area contributed by atoms with Crippen LogP contribution in [0.3, 0.4) is 0 Å². The van der Waals surface area contributed by atoms with Crippen LogP contribution in [-0.2, 0) is 6.54 Å². The molecule has 0 aliphatic heterocycles. The maximum Gasteiger partial charge on any atom is 0.179 e.